The largest absolute Gasteiger partial charge is 0.494 e. The molecule has 1 unspecified atom stereocenters. The van der Waals surface area contributed by atoms with Gasteiger partial charge in [0.1, 0.15) is 11.4 Å². The first-order chi connectivity index (χ1) is 15.0. The highest BCUT2D eigenvalue weighted by Gasteiger charge is 2.20. The van der Waals surface area contributed by atoms with Gasteiger partial charge in [-0.2, -0.15) is 0 Å². The normalized spacial score (nSPS) is 13.9. The van der Waals surface area contributed by atoms with E-state index in [2.05, 4.69) is 10.3 Å². The van der Waals surface area contributed by atoms with E-state index in [1.165, 1.54) is 16.8 Å². The van der Waals surface area contributed by atoms with Gasteiger partial charge in [-0.05, 0) is 42.7 Å². The van der Waals surface area contributed by atoms with Gasteiger partial charge in [-0.1, -0.05) is 12.1 Å². The van der Waals surface area contributed by atoms with Crippen LogP contribution in [-0.2, 0) is 22.0 Å². The summed E-state index contributed by atoms with van der Waals surface area (Å²) in [7, 11) is -1.45. The molecule has 2 aromatic carbocycles. The van der Waals surface area contributed by atoms with Crippen LogP contribution in [-0.4, -0.2) is 37.0 Å². The molecule has 31 heavy (non-hydrogen) atoms. The summed E-state index contributed by atoms with van der Waals surface area (Å²) in [4.78, 5) is 26.4. The fraction of sp³-hybridized carbons (Fsp3) is 0.238. The van der Waals surface area contributed by atoms with E-state index in [0.717, 1.165) is 11.3 Å². The number of nitro benzene ring substituents is 1. The smallest absolute Gasteiger partial charge is 0.293 e. The zero-order valence-corrected chi connectivity index (χ0v) is 17.3. The number of nitro groups is 1. The van der Waals surface area contributed by atoms with Gasteiger partial charge in [0.2, 0.25) is 11.1 Å². The molecule has 1 aliphatic heterocycles. The van der Waals surface area contributed by atoms with Crippen LogP contribution in [0.3, 0.4) is 0 Å². The van der Waals surface area contributed by atoms with Crippen LogP contribution >= 0.6 is 0 Å². The SMILES string of the molecule is O=C1CCc2cc(OCCCS(=O)c3nccn3-c3ccccc3[N+](=O)[O-])ccc2N1. The summed E-state index contributed by atoms with van der Waals surface area (Å²) < 4.78 is 20.0. The lowest BCUT2D eigenvalue weighted by molar-refractivity contribution is -0.384. The number of nitrogens with one attached hydrogen (secondary N) is 1. The molecule has 2 heterocycles. The monoisotopic (exact) mass is 440 g/mol. The number of para-hydroxylation sites is 2. The Morgan fingerprint density at radius 2 is 2.06 bits per heavy atom. The van der Waals surface area contributed by atoms with Crippen molar-refractivity contribution in [2.24, 2.45) is 0 Å². The van der Waals surface area contributed by atoms with Crippen LogP contribution in [0.4, 0.5) is 11.4 Å². The molecule has 160 valence electrons. The molecule has 10 heteroatoms. The number of carbonyl (C=O) groups excluding carboxylic acids is 1. The van der Waals surface area contributed by atoms with Gasteiger partial charge in [0.25, 0.3) is 5.69 Å². The number of rotatable bonds is 8. The second kappa shape index (κ2) is 9.09. The number of benzene rings is 2. The van der Waals surface area contributed by atoms with Crippen molar-refractivity contribution in [3.8, 4) is 11.4 Å². The van der Waals surface area contributed by atoms with Crippen LogP contribution in [0.25, 0.3) is 5.69 Å². The molecule has 1 atom stereocenters. The molecule has 0 bridgehead atoms. The molecule has 1 aromatic heterocycles. The fourth-order valence-corrected chi connectivity index (χ4v) is 4.50. The Morgan fingerprint density at radius 1 is 1.23 bits per heavy atom. The lowest BCUT2D eigenvalue weighted by atomic mass is 10.0. The molecule has 9 nitrogen and oxygen atoms in total. The van der Waals surface area contributed by atoms with Crippen molar-refractivity contribution in [3.05, 3.63) is 70.5 Å². The molecule has 0 saturated heterocycles. The number of hydrogen-bond acceptors (Lipinski definition) is 6. The molecule has 0 saturated carbocycles. The Balaban J connectivity index is 1.36. The van der Waals surface area contributed by atoms with Gasteiger partial charge in [-0.15, -0.1) is 0 Å². The highest BCUT2D eigenvalue weighted by molar-refractivity contribution is 7.84. The topological polar surface area (TPSA) is 116 Å². The van der Waals surface area contributed by atoms with E-state index >= 15 is 0 Å². The Bertz CT molecular complexity index is 1160. The Hall–Kier alpha value is -3.53. The maximum Gasteiger partial charge on any atom is 0.293 e. The average molecular weight is 440 g/mol. The quantitative estimate of drug-likeness (QED) is 0.327. The molecule has 0 fully saturated rings. The fourth-order valence-electron chi connectivity index (χ4n) is 3.38. The zero-order valence-electron chi connectivity index (χ0n) is 16.5. The van der Waals surface area contributed by atoms with E-state index in [1.807, 2.05) is 12.1 Å². The van der Waals surface area contributed by atoms with Crippen molar-refractivity contribution in [2.45, 2.75) is 24.4 Å². The molecule has 1 N–H and O–H groups in total. The second-order valence-electron chi connectivity index (χ2n) is 6.94. The Labute approximate surface area is 180 Å². The van der Waals surface area contributed by atoms with Crippen molar-refractivity contribution in [1.82, 2.24) is 9.55 Å². The minimum atomic E-state index is -1.45. The summed E-state index contributed by atoms with van der Waals surface area (Å²) >= 11 is 0. The number of anilines is 1. The third-order valence-corrected chi connectivity index (χ3v) is 6.23. The van der Waals surface area contributed by atoms with Crippen LogP contribution in [0.5, 0.6) is 5.75 Å². The van der Waals surface area contributed by atoms with Crippen LogP contribution in [0, 0.1) is 10.1 Å². The van der Waals surface area contributed by atoms with E-state index in [-0.39, 0.29) is 16.8 Å². The van der Waals surface area contributed by atoms with Crippen molar-refractivity contribution >= 4 is 28.1 Å². The molecule has 0 aliphatic carbocycles. The van der Waals surface area contributed by atoms with E-state index in [9.17, 15) is 19.1 Å². The number of carbonyl (C=O) groups is 1. The molecular weight excluding hydrogens is 420 g/mol. The predicted molar refractivity (Wildman–Crippen MR) is 115 cm³/mol. The number of aromatic nitrogens is 2. The number of aryl methyl sites for hydroxylation is 1. The van der Waals surface area contributed by atoms with Gasteiger partial charge in [0.05, 0.1) is 22.3 Å². The van der Waals surface area contributed by atoms with Gasteiger partial charge < -0.3 is 10.1 Å². The standard InChI is InChI=1S/C21H20N4O5S/c26-20-9-6-15-14-16(7-8-17(15)23-20)30-12-3-13-31(29)21-22-10-11-24(21)18-4-1-2-5-19(18)25(27)28/h1-2,4-5,7-8,10-11,14H,3,6,9,12-13H2,(H,23,26). The minimum Gasteiger partial charge on any atom is -0.494 e. The van der Waals surface area contributed by atoms with Crippen molar-refractivity contribution in [3.63, 3.8) is 0 Å². The van der Waals surface area contributed by atoms with Gasteiger partial charge >= 0.3 is 0 Å². The number of imidazole rings is 1. The van der Waals surface area contributed by atoms with Crippen LogP contribution in [0.2, 0.25) is 0 Å². The average Bonchev–Trinajstić information content (AvgIpc) is 3.26. The molecule has 3 aromatic rings. The number of nitrogens with zero attached hydrogens (tertiary/aromatic N) is 3. The number of fused-ring (bicyclic) bond motifs is 1. The Morgan fingerprint density at radius 3 is 2.90 bits per heavy atom. The van der Waals surface area contributed by atoms with Crippen LogP contribution in [0.15, 0.2) is 60.0 Å². The lowest BCUT2D eigenvalue weighted by Gasteiger charge is -2.17. The molecule has 1 aliphatic rings. The van der Waals surface area contributed by atoms with E-state index < -0.39 is 15.7 Å². The third kappa shape index (κ3) is 4.64. The summed E-state index contributed by atoms with van der Waals surface area (Å²) in [6.45, 7) is 0.364. The highest BCUT2D eigenvalue weighted by atomic mass is 32.2. The maximum atomic E-state index is 12.8. The van der Waals surface area contributed by atoms with Crippen molar-refractivity contribution in [2.75, 3.05) is 17.7 Å². The van der Waals surface area contributed by atoms with Gasteiger partial charge in [-0.3, -0.25) is 23.7 Å². The first kappa shape index (κ1) is 20.7. The van der Waals surface area contributed by atoms with Crippen LogP contribution < -0.4 is 10.1 Å². The minimum absolute atomic E-state index is 0.0165. The first-order valence-electron chi connectivity index (χ1n) is 9.74. The maximum absolute atomic E-state index is 12.8. The summed E-state index contributed by atoms with van der Waals surface area (Å²) in [5.41, 5.74) is 2.09. The highest BCUT2D eigenvalue weighted by Crippen LogP contribution is 2.27. The number of hydrogen-bond donors (Lipinski definition) is 1. The number of amides is 1. The van der Waals surface area contributed by atoms with Gasteiger partial charge in [0.15, 0.2) is 0 Å². The summed E-state index contributed by atoms with van der Waals surface area (Å²) in [6, 6.07) is 11.8. The number of ether oxygens (including phenoxy) is 1. The molecule has 0 radical (unpaired) electrons. The summed E-state index contributed by atoms with van der Waals surface area (Å²) in [6.07, 6.45) is 4.70. The Kier molecular flexibility index (Phi) is 6.08. The van der Waals surface area contributed by atoms with E-state index in [4.69, 9.17) is 4.74 Å². The first-order valence-corrected chi connectivity index (χ1v) is 11.1. The molecular formula is C21H20N4O5S. The second-order valence-corrected chi connectivity index (χ2v) is 8.41. The predicted octanol–water partition coefficient (Wildman–Crippen LogP) is 3.24. The van der Waals surface area contributed by atoms with Crippen molar-refractivity contribution in [1.29, 1.82) is 0 Å². The van der Waals surface area contributed by atoms with Gasteiger partial charge in [0, 0.05) is 36.3 Å². The summed E-state index contributed by atoms with van der Waals surface area (Å²) in [5.74, 6) is 1.02. The van der Waals surface area contributed by atoms with Crippen molar-refractivity contribution < 1.29 is 18.7 Å². The molecule has 4 rings (SSSR count). The summed E-state index contributed by atoms with van der Waals surface area (Å²) in [5, 5.41) is 14.4. The van der Waals surface area contributed by atoms with E-state index in [0.29, 0.717) is 43.1 Å². The van der Waals surface area contributed by atoms with E-state index in [1.54, 1.807) is 30.5 Å². The molecule has 0 spiro atoms. The third-order valence-electron chi connectivity index (χ3n) is 4.86. The molecule has 1 amide bonds. The van der Waals surface area contributed by atoms with Gasteiger partial charge in [-0.25, -0.2) is 4.98 Å². The zero-order chi connectivity index (χ0) is 21.8. The van der Waals surface area contributed by atoms with Crippen LogP contribution in [0.1, 0.15) is 18.4 Å². The lowest BCUT2D eigenvalue weighted by Crippen LogP contribution is -2.18.